The van der Waals surface area contributed by atoms with Gasteiger partial charge in [0.25, 0.3) is 0 Å². The molecule has 7 nitrogen and oxygen atoms in total. The Balaban J connectivity index is 1.86. The summed E-state index contributed by atoms with van der Waals surface area (Å²) < 4.78 is 5.11. The first kappa shape index (κ1) is 18.1. The molecular formula is C17H27N5O2. The average molecular weight is 333 g/mol. The van der Waals surface area contributed by atoms with Gasteiger partial charge in [0.15, 0.2) is 5.96 Å². The number of methoxy groups -OCH3 is 1. The molecule has 24 heavy (non-hydrogen) atoms. The summed E-state index contributed by atoms with van der Waals surface area (Å²) in [6, 6.07) is 8.44. The van der Waals surface area contributed by atoms with E-state index in [-0.39, 0.29) is 11.9 Å². The van der Waals surface area contributed by atoms with Gasteiger partial charge in [0.1, 0.15) is 0 Å². The van der Waals surface area contributed by atoms with Crippen LogP contribution in [0.1, 0.15) is 12.5 Å². The number of carbonyl (C=O) groups excluding carboxylic acids is 1. The largest absolute Gasteiger partial charge is 0.383 e. The second-order valence-corrected chi connectivity index (χ2v) is 5.86. The van der Waals surface area contributed by atoms with Crippen LogP contribution < -0.4 is 20.9 Å². The molecule has 1 aromatic carbocycles. The van der Waals surface area contributed by atoms with Gasteiger partial charge in [-0.25, -0.2) is 0 Å². The molecule has 1 heterocycles. The summed E-state index contributed by atoms with van der Waals surface area (Å²) >= 11 is 0. The summed E-state index contributed by atoms with van der Waals surface area (Å²) in [6.45, 7) is 5.31. The van der Waals surface area contributed by atoms with Crippen LogP contribution in [0.15, 0.2) is 29.3 Å². The zero-order valence-corrected chi connectivity index (χ0v) is 14.6. The van der Waals surface area contributed by atoms with E-state index in [4.69, 9.17) is 4.74 Å². The number of nitrogens with one attached hydrogen (secondary N) is 3. The van der Waals surface area contributed by atoms with Gasteiger partial charge in [-0.05, 0) is 24.6 Å². The highest BCUT2D eigenvalue weighted by atomic mass is 16.5. The van der Waals surface area contributed by atoms with Gasteiger partial charge in [0.05, 0.1) is 13.2 Å². The Morgan fingerprint density at radius 3 is 2.79 bits per heavy atom. The third-order valence-corrected chi connectivity index (χ3v) is 3.82. The quantitative estimate of drug-likeness (QED) is 0.516. The molecule has 0 aromatic heterocycles. The van der Waals surface area contributed by atoms with E-state index in [9.17, 15) is 4.79 Å². The summed E-state index contributed by atoms with van der Waals surface area (Å²) in [5.41, 5.74) is 2.23. The van der Waals surface area contributed by atoms with Crippen molar-refractivity contribution < 1.29 is 9.53 Å². The standard InChI is InChI=1S/C17H27N5O2/c1-13(12-24-3)21-17(18-2)20-10-14-4-6-15(7-5-14)22-9-8-19-16(23)11-22/h4-7,13H,8-12H2,1-3H3,(H,19,23)(H2,18,20,21). The molecule has 1 aliphatic rings. The first-order chi connectivity index (χ1) is 11.6. The monoisotopic (exact) mass is 333 g/mol. The number of amides is 1. The number of piperazine rings is 1. The molecule has 1 aliphatic heterocycles. The van der Waals surface area contributed by atoms with Crippen LogP contribution in [0.3, 0.4) is 0 Å². The molecule has 0 spiro atoms. The molecule has 132 valence electrons. The summed E-state index contributed by atoms with van der Waals surface area (Å²) in [5.74, 6) is 0.823. The summed E-state index contributed by atoms with van der Waals surface area (Å²) in [7, 11) is 3.43. The molecule has 3 N–H and O–H groups in total. The molecule has 2 rings (SSSR count). The van der Waals surface area contributed by atoms with Crippen molar-refractivity contribution in [2.24, 2.45) is 4.99 Å². The van der Waals surface area contributed by atoms with Crippen molar-refractivity contribution in [1.29, 1.82) is 0 Å². The van der Waals surface area contributed by atoms with Crippen LogP contribution in [-0.2, 0) is 16.1 Å². The minimum atomic E-state index is 0.0760. The van der Waals surface area contributed by atoms with Crippen LogP contribution in [0.4, 0.5) is 5.69 Å². The van der Waals surface area contributed by atoms with Crippen LogP contribution in [0.25, 0.3) is 0 Å². The highest BCUT2D eigenvalue weighted by Gasteiger charge is 2.16. The molecule has 1 fully saturated rings. The Hall–Kier alpha value is -2.28. The molecule has 0 saturated carbocycles. The maximum atomic E-state index is 11.5. The van der Waals surface area contributed by atoms with Crippen molar-refractivity contribution in [1.82, 2.24) is 16.0 Å². The summed E-state index contributed by atoms with van der Waals surface area (Å²) in [4.78, 5) is 17.8. The third-order valence-electron chi connectivity index (χ3n) is 3.82. The molecule has 0 aliphatic carbocycles. The molecule has 1 amide bonds. The second-order valence-electron chi connectivity index (χ2n) is 5.86. The zero-order valence-electron chi connectivity index (χ0n) is 14.6. The van der Waals surface area contributed by atoms with Crippen LogP contribution in [0, 0.1) is 0 Å². The molecule has 1 atom stereocenters. The minimum absolute atomic E-state index is 0.0760. The van der Waals surface area contributed by atoms with E-state index in [2.05, 4.69) is 50.1 Å². The normalized spacial score (nSPS) is 16.5. The number of benzene rings is 1. The van der Waals surface area contributed by atoms with E-state index in [1.807, 2.05) is 6.92 Å². The predicted octanol–water partition coefficient (Wildman–Crippen LogP) is 0.323. The van der Waals surface area contributed by atoms with Gasteiger partial charge in [-0.3, -0.25) is 9.79 Å². The fourth-order valence-corrected chi connectivity index (χ4v) is 2.59. The number of nitrogens with zero attached hydrogens (tertiary/aromatic N) is 2. The van der Waals surface area contributed by atoms with Crippen LogP contribution >= 0.6 is 0 Å². The number of ether oxygens (including phenoxy) is 1. The Kier molecular flexibility index (Phi) is 6.87. The fraction of sp³-hybridized carbons (Fsp3) is 0.529. The molecule has 1 saturated heterocycles. The van der Waals surface area contributed by atoms with E-state index >= 15 is 0 Å². The average Bonchev–Trinajstić information content (AvgIpc) is 2.59. The number of anilines is 1. The Bertz CT molecular complexity index is 559. The molecule has 7 heteroatoms. The van der Waals surface area contributed by atoms with Gasteiger partial charge in [-0.15, -0.1) is 0 Å². The van der Waals surface area contributed by atoms with Crippen molar-refractivity contribution in [3.05, 3.63) is 29.8 Å². The third kappa shape index (κ3) is 5.42. The molecule has 0 bridgehead atoms. The van der Waals surface area contributed by atoms with E-state index in [0.717, 1.165) is 23.8 Å². The zero-order chi connectivity index (χ0) is 17.4. The number of carbonyl (C=O) groups is 1. The maximum Gasteiger partial charge on any atom is 0.239 e. The minimum Gasteiger partial charge on any atom is -0.383 e. The lowest BCUT2D eigenvalue weighted by Crippen LogP contribution is -2.47. The second kappa shape index (κ2) is 9.12. The lowest BCUT2D eigenvalue weighted by molar-refractivity contribution is -0.120. The van der Waals surface area contributed by atoms with Gasteiger partial charge in [0.2, 0.25) is 5.91 Å². The van der Waals surface area contributed by atoms with Gasteiger partial charge in [-0.2, -0.15) is 0 Å². The summed E-state index contributed by atoms with van der Waals surface area (Å²) in [5, 5.41) is 9.39. The maximum absolute atomic E-state index is 11.5. The van der Waals surface area contributed by atoms with Crippen molar-refractivity contribution in [2.45, 2.75) is 19.5 Å². The smallest absolute Gasteiger partial charge is 0.239 e. The van der Waals surface area contributed by atoms with Gasteiger partial charge < -0.3 is 25.6 Å². The van der Waals surface area contributed by atoms with E-state index in [0.29, 0.717) is 26.2 Å². The lowest BCUT2D eigenvalue weighted by Gasteiger charge is -2.28. The number of hydrogen-bond donors (Lipinski definition) is 3. The number of guanidine groups is 1. The van der Waals surface area contributed by atoms with Crippen LogP contribution in [0.2, 0.25) is 0 Å². The predicted molar refractivity (Wildman–Crippen MR) is 96.3 cm³/mol. The topological polar surface area (TPSA) is 78.0 Å². The van der Waals surface area contributed by atoms with Crippen LogP contribution in [-0.4, -0.2) is 58.3 Å². The Morgan fingerprint density at radius 2 is 2.17 bits per heavy atom. The number of hydrogen-bond acceptors (Lipinski definition) is 4. The van der Waals surface area contributed by atoms with Crippen molar-refractivity contribution in [3.8, 4) is 0 Å². The first-order valence-electron chi connectivity index (χ1n) is 8.19. The van der Waals surface area contributed by atoms with E-state index in [1.165, 1.54) is 0 Å². The van der Waals surface area contributed by atoms with Crippen LogP contribution in [0.5, 0.6) is 0 Å². The number of rotatable bonds is 6. The molecule has 1 unspecified atom stereocenters. The fourth-order valence-electron chi connectivity index (χ4n) is 2.59. The van der Waals surface area contributed by atoms with Gasteiger partial charge in [-0.1, -0.05) is 12.1 Å². The van der Waals surface area contributed by atoms with Crippen molar-refractivity contribution in [3.63, 3.8) is 0 Å². The Labute approximate surface area is 143 Å². The van der Waals surface area contributed by atoms with Crippen molar-refractivity contribution >= 4 is 17.6 Å². The van der Waals surface area contributed by atoms with E-state index in [1.54, 1.807) is 14.2 Å². The van der Waals surface area contributed by atoms with Crippen molar-refractivity contribution in [2.75, 3.05) is 45.3 Å². The number of aliphatic imine (C=N–C) groups is 1. The van der Waals surface area contributed by atoms with Gasteiger partial charge >= 0.3 is 0 Å². The van der Waals surface area contributed by atoms with Gasteiger partial charge in [0, 0.05) is 45.5 Å². The Morgan fingerprint density at radius 1 is 1.42 bits per heavy atom. The first-order valence-corrected chi connectivity index (χ1v) is 8.19. The SMILES string of the molecule is CN=C(NCc1ccc(N2CCNC(=O)C2)cc1)NC(C)COC. The molecule has 1 aromatic rings. The summed E-state index contributed by atoms with van der Waals surface area (Å²) in [6.07, 6.45) is 0. The molecular weight excluding hydrogens is 306 g/mol. The highest BCUT2D eigenvalue weighted by molar-refractivity contribution is 5.82. The lowest BCUT2D eigenvalue weighted by atomic mass is 10.2. The van der Waals surface area contributed by atoms with E-state index < -0.39 is 0 Å². The highest BCUT2D eigenvalue weighted by Crippen LogP contribution is 2.15. The molecule has 0 radical (unpaired) electrons.